The lowest BCUT2D eigenvalue weighted by molar-refractivity contribution is 0.141. The second kappa shape index (κ2) is 9.74. The monoisotopic (exact) mass is 569 g/mol. The molecule has 2 aromatic heterocycles. The van der Waals surface area contributed by atoms with Gasteiger partial charge < -0.3 is 9.84 Å². The highest BCUT2D eigenvalue weighted by molar-refractivity contribution is 7.89. The second-order valence-electron chi connectivity index (χ2n) is 8.15. The van der Waals surface area contributed by atoms with Crippen molar-refractivity contribution in [2.45, 2.75) is 35.4 Å². The molecule has 0 unspecified atom stereocenters. The van der Waals surface area contributed by atoms with E-state index in [1.54, 1.807) is 4.98 Å². The average Bonchev–Trinajstić information content (AvgIpc) is 2.75. The van der Waals surface area contributed by atoms with E-state index >= 15 is 0 Å². The number of nitrogens with one attached hydrogen (secondary N) is 2. The number of halogens is 4. The zero-order chi connectivity index (χ0) is 27.3. The molecule has 1 aliphatic carbocycles. The Kier molecular flexibility index (Phi) is 7.14. The number of rotatable bonds is 7. The molecular formula is C19H13B2Cl2F2N5O6S. The minimum absolute atomic E-state index is 0.186. The summed E-state index contributed by atoms with van der Waals surface area (Å²) in [5, 5.41) is 11.9. The first kappa shape index (κ1) is 27.1. The number of ether oxygens (including phenoxy) is 1. The maximum atomic E-state index is 13.0. The third-order valence-electron chi connectivity index (χ3n) is 5.18. The van der Waals surface area contributed by atoms with Crippen molar-refractivity contribution in [3.63, 3.8) is 0 Å². The highest BCUT2D eigenvalue weighted by atomic mass is 35.5. The van der Waals surface area contributed by atoms with Crippen molar-refractivity contribution in [3.05, 3.63) is 61.0 Å². The fraction of sp³-hybridized carbons (Fsp3) is 0.263. The van der Waals surface area contributed by atoms with Crippen LogP contribution in [-0.4, -0.2) is 55.0 Å². The van der Waals surface area contributed by atoms with Crippen LogP contribution in [-0.2, 0) is 10.0 Å². The van der Waals surface area contributed by atoms with Crippen LogP contribution in [0.5, 0.6) is 17.4 Å². The number of benzene rings is 1. The number of aromatic amines is 1. The van der Waals surface area contributed by atoms with Gasteiger partial charge in [-0.3, -0.25) is 9.78 Å². The number of sulfonamides is 1. The summed E-state index contributed by atoms with van der Waals surface area (Å²) in [5.41, 5.74) is -3.87. The lowest BCUT2D eigenvalue weighted by Gasteiger charge is -2.43. The van der Waals surface area contributed by atoms with E-state index in [2.05, 4.69) is 14.8 Å². The molecule has 0 spiro atoms. The average molecular weight is 570 g/mol. The fourth-order valence-corrected chi connectivity index (χ4v) is 5.38. The molecule has 37 heavy (non-hydrogen) atoms. The van der Waals surface area contributed by atoms with E-state index in [1.807, 2.05) is 0 Å². The van der Waals surface area contributed by atoms with Crippen molar-refractivity contribution in [2.75, 3.05) is 0 Å². The van der Waals surface area contributed by atoms with Gasteiger partial charge in [0, 0.05) is 12.1 Å². The Hall–Kier alpha value is -2.94. The van der Waals surface area contributed by atoms with Crippen molar-refractivity contribution >= 4 is 48.9 Å². The first-order valence-electron chi connectivity index (χ1n) is 10.1. The van der Waals surface area contributed by atoms with Gasteiger partial charge in [-0.15, -0.1) is 0 Å². The Morgan fingerprint density at radius 2 is 1.84 bits per heavy atom. The molecule has 190 valence electrons. The molecule has 1 fully saturated rings. The zero-order valence-electron chi connectivity index (χ0n) is 18.3. The molecule has 0 bridgehead atoms. The number of pyridine rings is 1. The van der Waals surface area contributed by atoms with Gasteiger partial charge in [0.25, 0.3) is 12.0 Å². The predicted octanol–water partition coefficient (Wildman–Crippen LogP) is 1.95. The highest BCUT2D eigenvalue weighted by Gasteiger charge is 2.38. The molecule has 3 aromatic rings. The lowest BCUT2D eigenvalue weighted by Crippen LogP contribution is -2.47. The second-order valence-corrected chi connectivity index (χ2v) is 10.6. The van der Waals surface area contributed by atoms with Crippen LogP contribution >= 0.6 is 23.2 Å². The maximum absolute atomic E-state index is 13.0. The first-order chi connectivity index (χ1) is 17.2. The van der Waals surface area contributed by atoms with E-state index in [0.717, 1.165) is 24.4 Å². The van der Waals surface area contributed by atoms with Crippen LogP contribution in [0.1, 0.15) is 25.0 Å². The van der Waals surface area contributed by atoms with E-state index < -0.39 is 55.3 Å². The van der Waals surface area contributed by atoms with Crippen LogP contribution in [0.25, 0.3) is 5.69 Å². The van der Waals surface area contributed by atoms with E-state index in [4.69, 9.17) is 43.6 Å². The minimum atomic E-state index is -4.23. The minimum Gasteiger partial charge on any atom is -0.505 e. The van der Waals surface area contributed by atoms with E-state index in [9.17, 15) is 31.9 Å². The van der Waals surface area contributed by atoms with Crippen LogP contribution in [0.3, 0.4) is 0 Å². The van der Waals surface area contributed by atoms with Gasteiger partial charge in [-0.25, -0.2) is 31.7 Å². The lowest BCUT2D eigenvalue weighted by atomic mass is 9.42. The SMILES string of the molecule is [B]C1([B])CC(NS(=O)(=O)c2cc(Oc3c(Cl)cc(-n4nc(C(F)F)c(=O)[nH]c4=O)cc3Cl)ncc2O)C1. The number of hydrogen-bond donors (Lipinski definition) is 3. The van der Waals surface area contributed by atoms with Gasteiger partial charge in [-0.2, -0.15) is 9.78 Å². The fourth-order valence-electron chi connectivity index (χ4n) is 3.51. The van der Waals surface area contributed by atoms with Crippen molar-refractivity contribution in [2.24, 2.45) is 0 Å². The summed E-state index contributed by atoms with van der Waals surface area (Å²) in [4.78, 5) is 28.6. The molecule has 0 amide bonds. The van der Waals surface area contributed by atoms with Crippen molar-refractivity contribution < 1.29 is 27.0 Å². The van der Waals surface area contributed by atoms with Gasteiger partial charge in [0.05, 0.1) is 37.6 Å². The first-order valence-corrected chi connectivity index (χ1v) is 12.4. The van der Waals surface area contributed by atoms with Crippen LogP contribution in [0.2, 0.25) is 15.3 Å². The molecule has 11 nitrogen and oxygen atoms in total. The molecule has 2 heterocycles. The summed E-state index contributed by atoms with van der Waals surface area (Å²) < 4.78 is 59.9. The maximum Gasteiger partial charge on any atom is 0.349 e. The topological polar surface area (TPSA) is 156 Å². The quantitative estimate of drug-likeness (QED) is 0.365. The van der Waals surface area contributed by atoms with Gasteiger partial charge in [-0.05, 0) is 25.0 Å². The highest BCUT2D eigenvalue weighted by Crippen LogP contribution is 2.43. The summed E-state index contributed by atoms with van der Waals surface area (Å²) in [6.45, 7) is 0. The molecule has 1 aliphatic rings. The third-order valence-corrected chi connectivity index (χ3v) is 7.29. The van der Waals surface area contributed by atoms with Crippen molar-refractivity contribution in [3.8, 4) is 23.1 Å². The molecule has 3 N–H and O–H groups in total. The van der Waals surface area contributed by atoms with Crippen LogP contribution in [0, 0.1) is 0 Å². The van der Waals surface area contributed by atoms with Gasteiger partial charge >= 0.3 is 5.69 Å². The van der Waals surface area contributed by atoms with Crippen LogP contribution in [0.4, 0.5) is 8.78 Å². The molecule has 4 rings (SSSR count). The molecular weight excluding hydrogens is 557 g/mol. The molecule has 1 aromatic carbocycles. The summed E-state index contributed by atoms with van der Waals surface area (Å²) in [5.74, 6) is -1.25. The van der Waals surface area contributed by atoms with Gasteiger partial charge in [0.1, 0.15) is 4.90 Å². The molecule has 1 saturated carbocycles. The van der Waals surface area contributed by atoms with E-state index in [0.29, 0.717) is 4.68 Å². The Labute approximate surface area is 219 Å². The summed E-state index contributed by atoms with van der Waals surface area (Å²) in [7, 11) is 7.14. The Bertz CT molecular complexity index is 1590. The third kappa shape index (κ3) is 5.66. The van der Waals surface area contributed by atoms with Crippen molar-refractivity contribution in [1.82, 2.24) is 24.5 Å². The Morgan fingerprint density at radius 1 is 1.22 bits per heavy atom. The van der Waals surface area contributed by atoms with Gasteiger partial charge in [0.2, 0.25) is 15.9 Å². The standard InChI is InChI=1S/C19H13B2Cl2F2N5O6S/c20-19(21)4-7(5-19)29-37(34,35)12-3-13(26-6-11(12)31)36-15-9(22)1-8(2-10(15)23)30-18(33)27-17(32)14(28-30)16(24)25/h1-3,6-7,16,29,31H,4-5H2,(H,27,32,33). The Morgan fingerprint density at radius 3 is 2.41 bits per heavy atom. The number of aromatic hydroxyl groups is 1. The largest absolute Gasteiger partial charge is 0.505 e. The number of alkyl halides is 2. The van der Waals surface area contributed by atoms with E-state index in [-0.39, 0.29) is 40.2 Å². The summed E-state index contributed by atoms with van der Waals surface area (Å²) in [6, 6.07) is 2.53. The molecule has 0 saturated heterocycles. The number of H-pyrrole nitrogens is 1. The van der Waals surface area contributed by atoms with Crippen LogP contribution < -0.4 is 20.7 Å². The normalized spacial score (nSPS) is 15.5. The Balaban J connectivity index is 1.64. The van der Waals surface area contributed by atoms with Gasteiger partial charge in [-0.1, -0.05) is 28.4 Å². The molecule has 18 heteroatoms. The molecule has 0 atom stereocenters. The van der Waals surface area contributed by atoms with Crippen molar-refractivity contribution in [1.29, 1.82) is 0 Å². The van der Waals surface area contributed by atoms with Gasteiger partial charge in [0.15, 0.2) is 17.2 Å². The molecule has 0 aliphatic heterocycles. The smallest absolute Gasteiger partial charge is 0.349 e. The summed E-state index contributed by atoms with van der Waals surface area (Å²) >= 11 is 12.4. The predicted molar refractivity (Wildman–Crippen MR) is 129 cm³/mol. The zero-order valence-corrected chi connectivity index (χ0v) is 20.6. The molecule has 4 radical (unpaired) electrons. The number of aromatic nitrogens is 4. The number of nitrogens with zero attached hydrogens (tertiary/aromatic N) is 3. The van der Waals surface area contributed by atoms with Crippen LogP contribution in [0.15, 0.2) is 38.9 Å². The number of hydrogen-bond acceptors (Lipinski definition) is 8. The van der Waals surface area contributed by atoms with E-state index in [1.165, 1.54) is 0 Å². The summed E-state index contributed by atoms with van der Waals surface area (Å²) in [6.07, 6.45) is -2.06.